The van der Waals surface area contributed by atoms with Crippen LogP contribution in [0.5, 0.6) is 0 Å². The third-order valence-electron chi connectivity index (χ3n) is 4.45. The second-order valence-electron chi connectivity index (χ2n) is 6.56. The van der Waals surface area contributed by atoms with Gasteiger partial charge in [0.15, 0.2) is 0 Å². The number of thioether (sulfide) groups is 1. The number of hydrogen-bond acceptors (Lipinski definition) is 5. The molecule has 27 heavy (non-hydrogen) atoms. The Labute approximate surface area is 172 Å². The van der Waals surface area contributed by atoms with Gasteiger partial charge in [0.25, 0.3) is 5.91 Å². The van der Waals surface area contributed by atoms with E-state index in [1.165, 1.54) is 0 Å². The first-order valence-corrected chi connectivity index (χ1v) is 10.6. The van der Waals surface area contributed by atoms with Crippen molar-refractivity contribution in [3.63, 3.8) is 0 Å². The van der Waals surface area contributed by atoms with Crippen LogP contribution in [0.3, 0.4) is 0 Å². The lowest BCUT2D eigenvalue weighted by Gasteiger charge is -2.27. The zero-order chi connectivity index (χ0) is 18.8. The molecule has 1 aliphatic heterocycles. The van der Waals surface area contributed by atoms with Gasteiger partial charge in [-0.3, -0.25) is 14.5 Å². The molecule has 3 N–H and O–H groups in total. The Hall–Kier alpha value is -1.28. The number of nitrogens with zero attached hydrogens (tertiary/aromatic N) is 1. The Bertz CT molecular complexity index is 597. The Morgan fingerprint density at radius 1 is 1.30 bits per heavy atom. The van der Waals surface area contributed by atoms with Gasteiger partial charge >= 0.3 is 0 Å². The maximum atomic E-state index is 12.6. The molecule has 0 aromatic heterocycles. The molecule has 0 radical (unpaired) electrons. The van der Waals surface area contributed by atoms with E-state index in [2.05, 4.69) is 20.9 Å². The first-order valence-electron chi connectivity index (χ1n) is 9.17. The van der Waals surface area contributed by atoms with E-state index in [0.29, 0.717) is 18.5 Å². The van der Waals surface area contributed by atoms with Gasteiger partial charge in [-0.25, -0.2) is 0 Å². The van der Waals surface area contributed by atoms with Crippen molar-refractivity contribution in [1.82, 2.24) is 20.9 Å². The van der Waals surface area contributed by atoms with E-state index in [4.69, 9.17) is 0 Å². The number of carbonyl (C=O) groups excluding carboxylic acids is 2. The SMILES string of the molecule is CSCCC(NC(=O)c1cccc(C)c1)C(=O)NCCN1CCNCC1.Cl. The van der Waals surface area contributed by atoms with Gasteiger partial charge in [0.1, 0.15) is 6.04 Å². The Morgan fingerprint density at radius 2 is 2.04 bits per heavy atom. The number of rotatable bonds is 9. The summed E-state index contributed by atoms with van der Waals surface area (Å²) in [6.07, 6.45) is 2.62. The summed E-state index contributed by atoms with van der Waals surface area (Å²) >= 11 is 1.67. The van der Waals surface area contributed by atoms with Crippen LogP contribution in [0.15, 0.2) is 24.3 Å². The Kier molecular flexibility index (Phi) is 11.4. The van der Waals surface area contributed by atoms with Gasteiger partial charge in [-0.15, -0.1) is 12.4 Å². The highest BCUT2D eigenvalue weighted by Gasteiger charge is 2.21. The molecule has 2 rings (SSSR count). The molecule has 1 unspecified atom stereocenters. The van der Waals surface area contributed by atoms with Crippen molar-refractivity contribution in [2.75, 3.05) is 51.3 Å². The average Bonchev–Trinajstić information content (AvgIpc) is 2.65. The monoisotopic (exact) mass is 414 g/mol. The van der Waals surface area contributed by atoms with Crippen LogP contribution in [0.4, 0.5) is 0 Å². The van der Waals surface area contributed by atoms with Gasteiger partial charge in [0.05, 0.1) is 0 Å². The van der Waals surface area contributed by atoms with Gasteiger partial charge in [-0.05, 0) is 37.5 Å². The molecule has 2 amide bonds. The molecule has 1 heterocycles. The van der Waals surface area contributed by atoms with Gasteiger partial charge in [0, 0.05) is 44.8 Å². The van der Waals surface area contributed by atoms with Gasteiger partial charge < -0.3 is 16.0 Å². The summed E-state index contributed by atoms with van der Waals surface area (Å²) in [6, 6.07) is 6.91. The molecular formula is C19H31ClN4O2S. The van der Waals surface area contributed by atoms with E-state index in [-0.39, 0.29) is 24.2 Å². The molecule has 1 fully saturated rings. The van der Waals surface area contributed by atoms with Crippen molar-refractivity contribution in [3.8, 4) is 0 Å². The molecule has 0 aliphatic carbocycles. The Balaban J connectivity index is 0.00000364. The molecule has 1 aromatic carbocycles. The van der Waals surface area contributed by atoms with Crippen LogP contribution >= 0.6 is 24.2 Å². The third-order valence-corrected chi connectivity index (χ3v) is 5.09. The van der Waals surface area contributed by atoms with Crippen molar-refractivity contribution < 1.29 is 9.59 Å². The zero-order valence-corrected chi connectivity index (χ0v) is 17.8. The van der Waals surface area contributed by atoms with Crippen molar-refractivity contribution in [2.24, 2.45) is 0 Å². The van der Waals surface area contributed by atoms with E-state index in [9.17, 15) is 9.59 Å². The molecule has 1 aliphatic rings. The van der Waals surface area contributed by atoms with E-state index in [0.717, 1.165) is 44.0 Å². The summed E-state index contributed by atoms with van der Waals surface area (Å²) in [4.78, 5) is 27.4. The molecular weight excluding hydrogens is 384 g/mol. The fraction of sp³-hybridized carbons (Fsp3) is 0.579. The zero-order valence-electron chi connectivity index (χ0n) is 16.1. The van der Waals surface area contributed by atoms with Gasteiger partial charge in [-0.1, -0.05) is 17.7 Å². The molecule has 152 valence electrons. The van der Waals surface area contributed by atoms with Crippen LogP contribution in [0.1, 0.15) is 22.3 Å². The Morgan fingerprint density at radius 3 is 2.70 bits per heavy atom. The highest BCUT2D eigenvalue weighted by atomic mass is 35.5. The van der Waals surface area contributed by atoms with E-state index >= 15 is 0 Å². The smallest absolute Gasteiger partial charge is 0.251 e. The highest BCUT2D eigenvalue weighted by Crippen LogP contribution is 2.06. The second-order valence-corrected chi connectivity index (χ2v) is 7.55. The van der Waals surface area contributed by atoms with Crippen molar-refractivity contribution in [3.05, 3.63) is 35.4 Å². The number of nitrogens with one attached hydrogen (secondary N) is 3. The predicted octanol–water partition coefficient (Wildman–Crippen LogP) is 1.29. The molecule has 8 heteroatoms. The summed E-state index contributed by atoms with van der Waals surface area (Å²) in [5, 5.41) is 9.20. The van der Waals surface area contributed by atoms with Crippen LogP contribution in [-0.2, 0) is 4.79 Å². The maximum absolute atomic E-state index is 12.6. The molecule has 0 spiro atoms. The quantitative estimate of drug-likeness (QED) is 0.567. The number of halogens is 1. The summed E-state index contributed by atoms with van der Waals surface area (Å²) in [7, 11) is 0. The summed E-state index contributed by atoms with van der Waals surface area (Å²) in [6.45, 7) is 7.41. The fourth-order valence-corrected chi connectivity index (χ4v) is 3.40. The largest absolute Gasteiger partial charge is 0.353 e. The van der Waals surface area contributed by atoms with Crippen LogP contribution in [-0.4, -0.2) is 74.0 Å². The van der Waals surface area contributed by atoms with Crippen LogP contribution < -0.4 is 16.0 Å². The summed E-state index contributed by atoms with van der Waals surface area (Å²) in [5.41, 5.74) is 1.62. The molecule has 6 nitrogen and oxygen atoms in total. The standard InChI is InChI=1S/C19H30N4O2S.ClH/c1-15-4-3-5-16(14-15)18(24)22-17(6-13-26-2)19(25)21-9-12-23-10-7-20-8-11-23;/h3-5,14,17,20H,6-13H2,1-2H3,(H,21,25)(H,22,24);1H. The van der Waals surface area contributed by atoms with Crippen molar-refractivity contribution in [2.45, 2.75) is 19.4 Å². The lowest BCUT2D eigenvalue weighted by atomic mass is 10.1. The number of hydrogen-bond donors (Lipinski definition) is 3. The minimum atomic E-state index is -0.501. The maximum Gasteiger partial charge on any atom is 0.251 e. The topological polar surface area (TPSA) is 73.5 Å². The van der Waals surface area contributed by atoms with Gasteiger partial charge in [-0.2, -0.15) is 11.8 Å². The number of benzene rings is 1. The minimum absolute atomic E-state index is 0. The van der Waals surface area contributed by atoms with Crippen molar-refractivity contribution in [1.29, 1.82) is 0 Å². The van der Waals surface area contributed by atoms with E-state index < -0.39 is 6.04 Å². The summed E-state index contributed by atoms with van der Waals surface area (Å²) in [5.74, 6) is 0.525. The van der Waals surface area contributed by atoms with E-state index in [1.54, 1.807) is 17.8 Å². The minimum Gasteiger partial charge on any atom is -0.353 e. The van der Waals surface area contributed by atoms with Crippen LogP contribution in [0.2, 0.25) is 0 Å². The lowest BCUT2D eigenvalue weighted by molar-refractivity contribution is -0.123. The van der Waals surface area contributed by atoms with E-state index in [1.807, 2.05) is 31.4 Å². The molecule has 0 bridgehead atoms. The number of amides is 2. The molecule has 1 saturated heterocycles. The number of aryl methyl sites for hydroxylation is 1. The lowest BCUT2D eigenvalue weighted by Crippen LogP contribution is -2.50. The second kappa shape index (κ2) is 13.0. The molecule has 1 aromatic rings. The van der Waals surface area contributed by atoms with Crippen LogP contribution in [0.25, 0.3) is 0 Å². The number of piperazine rings is 1. The summed E-state index contributed by atoms with van der Waals surface area (Å²) < 4.78 is 0. The predicted molar refractivity (Wildman–Crippen MR) is 115 cm³/mol. The first kappa shape index (κ1) is 23.8. The van der Waals surface area contributed by atoms with Crippen LogP contribution in [0, 0.1) is 6.92 Å². The highest BCUT2D eigenvalue weighted by molar-refractivity contribution is 7.98. The first-order chi connectivity index (χ1) is 12.6. The van der Waals surface area contributed by atoms with Gasteiger partial charge in [0.2, 0.25) is 5.91 Å². The molecule has 0 saturated carbocycles. The number of carbonyl (C=O) groups is 2. The third kappa shape index (κ3) is 8.51. The van der Waals surface area contributed by atoms with Crippen molar-refractivity contribution >= 4 is 36.0 Å². The normalized spacial score (nSPS) is 15.5. The fourth-order valence-electron chi connectivity index (χ4n) is 2.93. The average molecular weight is 415 g/mol. The molecule has 1 atom stereocenters.